The Morgan fingerprint density at radius 3 is 3.08 bits per heavy atom. The molecule has 1 aromatic rings. The molecule has 0 aliphatic heterocycles. The molecule has 0 radical (unpaired) electrons. The van der Waals surface area contributed by atoms with Crippen LogP contribution in [0, 0.1) is 11.8 Å². The van der Waals surface area contributed by atoms with Crippen LogP contribution < -0.4 is 5.73 Å². The van der Waals surface area contributed by atoms with Gasteiger partial charge in [0.05, 0.1) is 11.5 Å². The molecule has 0 fully saturated rings. The molecule has 3 nitrogen and oxygen atoms in total. The van der Waals surface area contributed by atoms with Crippen molar-refractivity contribution in [2.75, 3.05) is 6.54 Å². The zero-order valence-corrected chi connectivity index (χ0v) is 7.40. The SMILES string of the molecule is NCCC#Cc1ncc(CO)s1. The van der Waals surface area contributed by atoms with E-state index in [0.717, 1.165) is 9.88 Å². The van der Waals surface area contributed by atoms with Gasteiger partial charge in [-0.1, -0.05) is 5.92 Å². The summed E-state index contributed by atoms with van der Waals surface area (Å²) in [6.07, 6.45) is 2.32. The summed E-state index contributed by atoms with van der Waals surface area (Å²) < 4.78 is 0. The molecule has 0 atom stereocenters. The normalized spacial score (nSPS) is 9.17. The molecule has 3 N–H and O–H groups in total. The molecule has 0 spiro atoms. The molecule has 0 aliphatic rings. The minimum Gasteiger partial charge on any atom is -0.391 e. The van der Waals surface area contributed by atoms with Gasteiger partial charge in [-0.3, -0.25) is 0 Å². The van der Waals surface area contributed by atoms with Gasteiger partial charge < -0.3 is 10.8 Å². The van der Waals surface area contributed by atoms with E-state index in [1.54, 1.807) is 6.20 Å². The van der Waals surface area contributed by atoms with E-state index in [-0.39, 0.29) is 6.61 Å². The van der Waals surface area contributed by atoms with Gasteiger partial charge in [0.25, 0.3) is 0 Å². The van der Waals surface area contributed by atoms with Crippen molar-refractivity contribution >= 4 is 11.3 Å². The highest BCUT2D eigenvalue weighted by Gasteiger charge is 1.95. The average Bonchev–Trinajstić information content (AvgIpc) is 2.53. The number of nitrogens with zero attached hydrogens (tertiary/aromatic N) is 1. The van der Waals surface area contributed by atoms with Crippen LogP contribution in [0.4, 0.5) is 0 Å². The number of aromatic nitrogens is 1. The fourth-order valence-electron chi connectivity index (χ4n) is 0.649. The van der Waals surface area contributed by atoms with Gasteiger partial charge in [-0.15, -0.1) is 11.3 Å². The standard InChI is InChI=1S/C8H10N2OS/c9-4-2-1-3-8-10-5-7(6-11)12-8/h5,11H,2,4,6,9H2. The Bertz CT molecular complexity index is 297. The van der Waals surface area contributed by atoms with E-state index in [1.807, 2.05) is 0 Å². The van der Waals surface area contributed by atoms with Gasteiger partial charge in [0.1, 0.15) is 0 Å². The molecule has 1 rings (SSSR count). The highest BCUT2D eigenvalue weighted by atomic mass is 32.1. The largest absolute Gasteiger partial charge is 0.391 e. The first-order chi connectivity index (χ1) is 5.86. The van der Waals surface area contributed by atoms with E-state index in [2.05, 4.69) is 16.8 Å². The Morgan fingerprint density at radius 1 is 1.67 bits per heavy atom. The van der Waals surface area contributed by atoms with Crippen molar-refractivity contribution in [1.29, 1.82) is 0 Å². The molecule has 0 saturated heterocycles. The van der Waals surface area contributed by atoms with E-state index in [4.69, 9.17) is 10.8 Å². The molecule has 0 amide bonds. The van der Waals surface area contributed by atoms with Crippen LogP contribution in [0.3, 0.4) is 0 Å². The van der Waals surface area contributed by atoms with Gasteiger partial charge in [-0.25, -0.2) is 4.98 Å². The molecule has 0 aromatic carbocycles. The minimum absolute atomic E-state index is 0.0379. The van der Waals surface area contributed by atoms with Gasteiger partial charge in [-0.05, 0) is 5.92 Å². The van der Waals surface area contributed by atoms with Gasteiger partial charge in [0.2, 0.25) is 0 Å². The second kappa shape index (κ2) is 4.88. The number of nitrogens with two attached hydrogens (primary N) is 1. The van der Waals surface area contributed by atoms with Crippen LogP contribution in [0.15, 0.2) is 6.20 Å². The summed E-state index contributed by atoms with van der Waals surface area (Å²) >= 11 is 1.41. The molecule has 4 heteroatoms. The number of aliphatic hydroxyl groups is 1. The fourth-order valence-corrected chi connectivity index (χ4v) is 1.30. The number of hydrogen-bond donors (Lipinski definition) is 2. The quantitative estimate of drug-likeness (QED) is 0.648. The highest BCUT2D eigenvalue weighted by Crippen LogP contribution is 2.10. The zero-order chi connectivity index (χ0) is 8.81. The molecule has 0 unspecified atom stereocenters. The third kappa shape index (κ3) is 2.62. The van der Waals surface area contributed by atoms with Crippen LogP contribution in [-0.4, -0.2) is 16.6 Å². The van der Waals surface area contributed by atoms with E-state index in [0.29, 0.717) is 13.0 Å². The van der Waals surface area contributed by atoms with Crippen LogP contribution in [0.5, 0.6) is 0 Å². The molecule has 12 heavy (non-hydrogen) atoms. The van der Waals surface area contributed by atoms with E-state index < -0.39 is 0 Å². The summed E-state index contributed by atoms with van der Waals surface area (Å²) in [4.78, 5) is 4.84. The van der Waals surface area contributed by atoms with E-state index >= 15 is 0 Å². The van der Waals surface area contributed by atoms with Crippen molar-refractivity contribution in [1.82, 2.24) is 4.98 Å². The number of thiazole rings is 1. The molecule has 1 aromatic heterocycles. The first-order valence-corrected chi connectivity index (χ1v) is 4.43. The Morgan fingerprint density at radius 2 is 2.50 bits per heavy atom. The summed E-state index contributed by atoms with van der Waals surface area (Å²) in [5.41, 5.74) is 5.26. The molecule has 0 saturated carbocycles. The van der Waals surface area contributed by atoms with Crippen molar-refractivity contribution in [3.63, 3.8) is 0 Å². The van der Waals surface area contributed by atoms with E-state index in [1.165, 1.54) is 11.3 Å². The van der Waals surface area contributed by atoms with Crippen molar-refractivity contribution in [2.24, 2.45) is 5.73 Å². The van der Waals surface area contributed by atoms with Crippen molar-refractivity contribution in [2.45, 2.75) is 13.0 Å². The lowest BCUT2D eigenvalue weighted by atomic mass is 10.4. The lowest BCUT2D eigenvalue weighted by Crippen LogP contribution is -1.95. The Hall–Kier alpha value is -0.890. The van der Waals surface area contributed by atoms with Gasteiger partial charge in [-0.2, -0.15) is 0 Å². The Kier molecular flexibility index (Phi) is 3.74. The molecule has 1 heterocycles. The number of rotatable bonds is 2. The topological polar surface area (TPSA) is 59.1 Å². The second-order valence-electron chi connectivity index (χ2n) is 2.13. The fraction of sp³-hybridized carbons (Fsp3) is 0.375. The van der Waals surface area contributed by atoms with Crippen molar-refractivity contribution in [3.8, 4) is 11.8 Å². The third-order valence-electron chi connectivity index (χ3n) is 1.17. The maximum atomic E-state index is 8.72. The maximum absolute atomic E-state index is 8.72. The van der Waals surface area contributed by atoms with Crippen LogP contribution in [0.2, 0.25) is 0 Å². The summed E-state index contributed by atoms with van der Waals surface area (Å²) in [6, 6.07) is 0. The Labute approximate surface area is 75.2 Å². The molecule has 64 valence electrons. The summed E-state index contributed by atoms with van der Waals surface area (Å²) in [5.74, 6) is 5.75. The molecular weight excluding hydrogens is 172 g/mol. The first-order valence-electron chi connectivity index (χ1n) is 3.61. The molecule has 0 bridgehead atoms. The summed E-state index contributed by atoms with van der Waals surface area (Å²) in [7, 11) is 0. The first kappa shape index (κ1) is 9.20. The predicted molar refractivity (Wildman–Crippen MR) is 48.6 cm³/mol. The van der Waals surface area contributed by atoms with Crippen molar-refractivity contribution in [3.05, 3.63) is 16.1 Å². The maximum Gasteiger partial charge on any atom is 0.167 e. The lowest BCUT2D eigenvalue weighted by molar-refractivity contribution is 0.285. The predicted octanol–water partition coefficient (Wildman–Crippen LogP) is 0.336. The average molecular weight is 182 g/mol. The summed E-state index contributed by atoms with van der Waals surface area (Å²) in [6.45, 7) is 0.613. The zero-order valence-electron chi connectivity index (χ0n) is 6.58. The minimum atomic E-state index is 0.0379. The second-order valence-corrected chi connectivity index (χ2v) is 3.25. The number of aliphatic hydroxyl groups excluding tert-OH is 1. The Balaban J connectivity index is 2.59. The van der Waals surface area contributed by atoms with Gasteiger partial charge >= 0.3 is 0 Å². The highest BCUT2D eigenvalue weighted by molar-refractivity contribution is 7.12. The van der Waals surface area contributed by atoms with Crippen LogP contribution >= 0.6 is 11.3 Å². The van der Waals surface area contributed by atoms with Crippen molar-refractivity contribution < 1.29 is 5.11 Å². The van der Waals surface area contributed by atoms with Crippen LogP contribution in [0.1, 0.15) is 16.3 Å². The van der Waals surface area contributed by atoms with Gasteiger partial charge in [0.15, 0.2) is 5.01 Å². The van der Waals surface area contributed by atoms with Crippen LogP contribution in [-0.2, 0) is 6.61 Å². The smallest absolute Gasteiger partial charge is 0.167 e. The third-order valence-corrected chi connectivity index (χ3v) is 2.07. The number of hydrogen-bond acceptors (Lipinski definition) is 4. The van der Waals surface area contributed by atoms with Gasteiger partial charge in [0, 0.05) is 19.2 Å². The monoisotopic (exact) mass is 182 g/mol. The lowest BCUT2D eigenvalue weighted by Gasteiger charge is -1.79. The van der Waals surface area contributed by atoms with E-state index in [9.17, 15) is 0 Å². The van der Waals surface area contributed by atoms with Crippen LogP contribution in [0.25, 0.3) is 0 Å². The molecular formula is C8H10N2OS. The molecule has 0 aliphatic carbocycles. The summed E-state index contributed by atoms with van der Waals surface area (Å²) in [5, 5.41) is 9.47.